The van der Waals surface area contributed by atoms with Crippen molar-refractivity contribution in [3.63, 3.8) is 0 Å². The van der Waals surface area contributed by atoms with Gasteiger partial charge in [0, 0.05) is 24.2 Å². The van der Waals surface area contributed by atoms with Crippen LogP contribution in [0.15, 0.2) is 52.4 Å². The topological polar surface area (TPSA) is 79.4 Å². The van der Waals surface area contributed by atoms with E-state index >= 15 is 0 Å². The summed E-state index contributed by atoms with van der Waals surface area (Å²) < 4.78 is 27.9. The number of rotatable bonds is 6. The monoisotopic (exact) mass is 497 g/mol. The van der Waals surface area contributed by atoms with Gasteiger partial charge in [-0.15, -0.1) is 0 Å². The molecule has 1 N–H and O–H groups in total. The third kappa shape index (κ3) is 5.45. The first-order chi connectivity index (χ1) is 16.1. The molecule has 1 aromatic heterocycles. The van der Waals surface area contributed by atoms with Crippen molar-refractivity contribution in [2.45, 2.75) is 50.5 Å². The lowest BCUT2D eigenvalue weighted by molar-refractivity contribution is -0.113. The van der Waals surface area contributed by atoms with Crippen LogP contribution in [0, 0.1) is 26.7 Å². The molecule has 3 aromatic rings. The number of piperidine rings is 1. The molecule has 0 radical (unpaired) electrons. The van der Waals surface area contributed by atoms with Crippen molar-refractivity contribution in [1.82, 2.24) is 9.29 Å². The van der Waals surface area contributed by atoms with E-state index in [0.29, 0.717) is 23.9 Å². The summed E-state index contributed by atoms with van der Waals surface area (Å²) in [5.74, 6) is 0.712. The fourth-order valence-corrected chi connectivity index (χ4v) is 6.38. The number of aryl methyl sites for hydroxylation is 3. The van der Waals surface area contributed by atoms with Crippen LogP contribution in [-0.4, -0.2) is 42.5 Å². The maximum absolute atomic E-state index is 13.1. The lowest BCUT2D eigenvalue weighted by Crippen LogP contribution is -2.37. The molecule has 34 heavy (non-hydrogen) atoms. The van der Waals surface area contributed by atoms with Crippen LogP contribution in [0.1, 0.15) is 36.5 Å². The number of nitrogens with one attached hydrogen (secondary N) is 1. The number of benzene rings is 2. The molecule has 1 aliphatic rings. The zero-order chi connectivity index (χ0) is 24.5. The van der Waals surface area contributed by atoms with Gasteiger partial charge in [0.15, 0.2) is 0 Å². The number of carbonyl (C=O) groups is 1. The van der Waals surface area contributed by atoms with E-state index in [1.165, 1.54) is 17.3 Å². The van der Waals surface area contributed by atoms with E-state index < -0.39 is 10.0 Å². The van der Waals surface area contributed by atoms with Crippen LogP contribution >= 0.6 is 11.8 Å². The van der Waals surface area contributed by atoms with E-state index in [-0.39, 0.29) is 11.7 Å². The molecule has 1 aliphatic heterocycles. The molecule has 180 valence electrons. The third-order valence-corrected chi connectivity index (χ3v) is 9.29. The normalized spacial score (nSPS) is 15.5. The molecular weight excluding hydrogens is 466 g/mol. The molecule has 6 nitrogen and oxygen atoms in total. The SMILES string of the molecule is Cc1ccc(NC(=O)CSc2cc(C)c3cc(S(=O)(=O)N4CCC(C)CC4)ccc3n2)cc1C. The van der Waals surface area contributed by atoms with Gasteiger partial charge in [0.05, 0.1) is 21.2 Å². The summed E-state index contributed by atoms with van der Waals surface area (Å²) in [6, 6.07) is 12.9. The lowest BCUT2D eigenvalue weighted by Gasteiger charge is -2.29. The molecule has 0 spiro atoms. The molecule has 0 unspecified atom stereocenters. The Morgan fingerprint density at radius 2 is 1.76 bits per heavy atom. The van der Waals surface area contributed by atoms with Gasteiger partial charge in [0.1, 0.15) is 0 Å². The number of carbonyl (C=O) groups excluding carboxylic acids is 1. The second kappa shape index (κ2) is 10.1. The largest absolute Gasteiger partial charge is 0.325 e. The van der Waals surface area contributed by atoms with Gasteiger partial charge < -0.3 is 5.32 Å². The third-order valence-electron chi connectivity index (χ3n) is 6.49. The first kappa shape index (κ1) is 24.7. The van der Waals surface area contributed by atoms with E-state index in [2.05, 4.69) is 17.2 Å². The van der Waals surface area contributed by atoms with Gasteiger partial charge in [0.25, 0.3) is 0 Å². The summed E-state index contributed by atoms with van der Waals surface area (Å²) in [6.07, 6.45) is 1.79. The molecule has 2 heterocycles. The summed E-state index contributed by atoms with van der Waals surface area (Å²) in [5, 5.41) is 4.48. The van der Waals surface area contributed by atoms with Gasteiger partial charge in [-0.25, -0.2) is 13.4 Å². The molecule has 4 rings (SSSR count). The minimum Gasteiger partial charge on any atom is -0.325 e. The van der Waals surface area contributed by atoms with Gasteiger partial charge in [-0.05, 0) is 92.6 Å². The number of fused-ring (bicyclic) bond motifs is 1. The number of anilines is 1. The van der Waals surface area contributed by atoms with Crippen molar-refractivity contribution in [2.75, 3.05) is 24.2 Å². The minimum absolute atomic E-state index is 0.0925. The molecule has 0 aliphatic carbocycles. The maximum atomic E-state index is 13.1. The minimum atomic E-state index is -3.51. The van der Waals surface area contributed by atoms with E-state index in [0.717, 1.165) is 45.6 Å². The summed E-state index contributed by atoms with van der Waals surface area (Å²) in [6.45, 7) is 9.30. The smallest absolute Gasteiger partial charge is 0.243 e. The lowest BCUT2D eigenvalue weighted by atomic mass is 10.0. The summed E-state index contributed by atoms with van der Waals surface area (Å²) in [4.78, 5) is 17.4. The number of hydrogen-bond acceptors (Lipinski definition) is 5. The Kier molecular flexibility index (Phi) is 7.31. The van der Waals surface area contributed by atoms with Crippen molar-refractivity contribution >= 4 is 44.3 Å². The molecule has 0 atom stereocenters. The molecule has 1 fully saturated rings. The Bertz CT molecular complexity index is 1330. The van der Waals surface area contributed by atoms with Crippen LogP contribution < -0.4 is 5.32 Å². The zero-order valence-electron chi connectivity index (χ0n) is 20.1. The molecule has 1 amide bonds. The fraction of sp³-hybridized carbons (Fsp3) is 0.385. The Morgan fingerprint density at radius 1 is 1.03 bits per heavy atom. The van der Waals surface area contributed by atoms with Crippen LogP contribution in [0.2, 0.25) is 0 Å². The van der Waals surface area contributed by atoms with Gasteiger partial charge >= 0.3 is 0 Å². The zero-order valence-corrected chi connectivity index (χ0v) is 21.7. The number of aromatic nitrogens is 1. The van der Waals surface area contributed by atoms with E-state index in [1.54, 1.807) is 22.5 Å². The van der Waals surface area contributed by atoms with Crippen LogP contribution in [0.3, 0.4) is 0 Å². The molecule has 1 saturated heterocycles. The van der Waals surface area contributed by atoms with Crippen molar-refractivity contribution in [3.05, 3.63) is 59.2 Å². The highest BCUT2D eigenvalue weighted by molar-refractivity contribution is 7.99. The molecule has 8 heteroatoms. The highest BCUT2D eigenvalue weighted by atomic mass is 32.2. The molecule has 2 aromatic carbocycles. The number of sulfonamides is 1. The maximum Gasteiger partial charge on any atom is 0.243 e. The summed E-state index contributed by atoms with van der Waals surface area (Å²) in [7, 11) is -3.51. The Hall–Kier alpha value is -2.42. The number of thioether (sulfide) groups is 1. The Morgan fingerprint density at radius 3 is 2.47 bits per heavy atom. The number of amides is 1. The average Bonchev–Trinajstić information content (AvgIpc) is 2.80. The highest BCUT2D eigenvalue weighted by Crippen LogP contribution is 2.29. The fourth-order valence-electron chi connectivity index (χ4n) is 4.11. The number of pyridine rings is 1. The van der Waals surface area contributed by atoms with Crippen LogP contribution in [0.4, 0.5) is 5.69 Å². The van der Waals surface area contributed by atoms with E-state index in [9.17, 15) is 13.2 Å². The van der Waals surface area contributed by atoms with Gasteiger partial charge in [0.2, 0.25) is 15.9 Å². The Balaban J connectivity index is 1.47. The Labute approximate surface area is 206 Å². The molecule has 0 saturated carbocycles. The van der Waals surface area contributed by atoms with Crippen LogP contribution in [0.5, 0.6) is 0 Å². The van der Waals surface area contributed by atoms with Crippen molar-refractivity contribution in [3.8, 4) is 0 Å². The van der Waals surface area contributed by atoms with Crippen LogP contribution in [-0.2, 0) is 14.8 Å². The molecule has 0 bridgehead atoms. The first-order valence-electron chi connectivity index (χ1n) is 11.5. The summed E-state index contributed by atoms with van der Waals surface area (Å²) in [5.41, 5.74) is 4.76. The van der Waals surface area contributed by atoms with E-state index in [1.807, 2.05) is 45.0 Å². The predicted octanol–water partition coefficient (Wildman–Crippen LogP) is 5.31. The van der Waals surface area contributed by atoms with E-state index in [4.69, 9.17) is 0 Å². The highest BCUT2D eigenvalue weighted by Gasteiger charge is 2.28. The van der Waals surface area contributed by atoms with Gasteiger partial charge in [-0.3, -0.25) is 4.79 Å². The standard InChI is InChI=1S/C26H31N3O3S2/c1-17-9-11-29(12-10-17)34(31,32)22-7-8-24-23(15-22)20(4)14-26(28-24)33-16-25(30)27-21-6-5-18(2)19(3)13-21/h5-8,13-15,17H,9-12,16H2,1-4H3,(H,27,30). The number of hydrogen-bond donors (Lipinski definition) is 1. The van der Waals surface area contributed by atoms with Crippen molar-refractivity contribution < 1.29 is 13.2 Å². The summed E-state index contributed by atoms with van der Waals surface area (Å²) >= 11 is 1.37. The average molecular weight is 498 g/mol. The van der Waals surface area contributed by atoms with Gasteiger partial charge in [-0.2, -0.15) is 4.31 Å². The number of nitrogens with zero attached hydrogens (tertiary/aromatic N) is 2. The molecular formula is C26H31N3O3S2. The van der Waals surface area contributed by atoms with Crippen LogP contribution in [0.25, 0.3) is 10.9 Å². The van der Waals surface area contributed by atoms with Crippen molar-refractivity contribution in [1.29, 1.82) is 0 Å². The predicted molar refractivity (Wildman–Crippen MR) is 139 cm³/mol. The second-order valence-corrected chi connectivity index (χ2v) is 12.1. The quantitative estimate of drug-likeness (QED) is 0.467. The first-order valence-corrected chi connectivity index (χ1v) is 14.0. The van der Waals surface area contributed by atoms with Gasteiger partial charge in [-0.1, -0.05) is 24.8 Å². The second-order valence-electron chi connectivity index (χ2n) is 9.18. The van der Waals surface area contributed by atoms with Crippen molar-refractivity contribution in [2.24, 2.45) is 5.92 Å².